The first kappa shape index (κ1) is 35.1. The van der Waals surface area contributed by atoms with Gasteiger partial charge in [0.05, 0.1) is 5.52 Å². The molecule has 1 fully saturated rings. The molecule has 0 spiro atoms. The van der Waals surface area contributed by atoms with E-state index >= 15 is 0 Å². The molecule has 0 aliphatic heterocycles. The summed E-state index contributed by atoms with van der Waals surface area (Å²) in [7, 11) is 1.50. The number of nitrogens with one attached hydrogen (secondary N) is 1. The number of carbonyl (C=O) groups excluding carboxylic acids is 1. The molecule has 0 saturated heterocycles. The summed E-state index contributed by atoms with van der Waals surface area (Å²) in [6.45, 7) is 16.1. The highest BCUT2D eigenvalue weighted by molar-refractivity contribution is 5.77. The average Bonchev–Trinajstić information content (AvgIpc) is 3.58. The van der Waals surface area contributed by atoms with Crippen LogP contribution in [0.2, 0.25) is 0 Å². The first-order valence-electron chi connectivity index (χ1n) is 13.9. The van der Waals surface area contributed by atoms with Crippen LogP contribution in [0.5, 0.6) is 0 Å². The molecule has 6 nitrogen and oxygen atoms in total. The van der Waals surface area contributed by atoms with E-state index in [0.29, 0.717) is 23.4 Å². The van der Waals surface area contributed by atoms with Crippen LogP contribution in [0.1, 0.15) is 104 Å². The Morgan fingerprint density at radius 3 is 2.24 bits per heavy atom. The van der Waals surface area contributed by atoms with Crippen LogP contribution in [0.15, 0.2) is 30.5 Å². The number of pyridine rings is 1. The van der Waals surface area contributed by atoms with Gasteiger partial charge in [0.2, 0.25) is 0 Å². The Balaban J connectivity index is 0.000000607. The fraction of sp³-hybridized carbons (Fsp3) is 0.567. The van der Waals surface area contributed by atoms with E-state index in [4.69, 9.17) is 0 Å². The number of nitrogens with zero attached hydrogens (tertiary/aromatic N) is 3. The fourth-order valence-electron chi connectivity index (χ4n) is 4.29. The van der Waals surface area contributed by atoms with E-state index in [1.807, 2.05) is 52.2 Å². The third kappa shape index (κ3) is 9.78. The highest BCUT2D eigenvalue weighted by atomic mass is 19.2. The number of aryl methyl sites for hydroxylation is 1. The van der Waals surface area contributed by atoms with Gasteiger partial charge in [0.15, 0.2) is 11.6 Å². The van der Waals surface area contributed by atoms with Crippen LogP contribution in [0, 0.1) is 18.6 Å². The van der Waals surface area contributed by atoms with Gasteiger partial charge in [0.25, 0.3) is 0 Å². The van der Waals surface area contributed by atoms with Crippen LogP contribution >= 0.6 is 0 Å². The van der Waals surface area contributed by atoms with Crippen molar-refractivity contribution in [3.63, 3.8) is 0 Å². The average molecular weight is 534 g/mol. The molecule has 2 aromatic heterocycles. The number of hydrogen-bond acceptors (Lipinski definition) is 5. The quantitative estimate of drug-likeness (QED) is 0.314. The molecular formula is C30H49F2N5O. The molecule has 38 heavy (non-hydrogen) atoms. The lowest BCUT2D eigenvalue weighted by Gasteiger charge is -2.16. The third-order valence-electron chi connectivity index (χ3n) is 5.90. The summed E-state index contributed by atoms with van der Waals surface area (Å²) in [5.74, 6) is 0.537. The standard InChI is InChI=1S/C13H14F2N2.C12H18N2O.2C2H6.CH5N/c1-8-16-11-7-6-10(14)12(15)13(11)17(8)9-4-2-3-5-9;1-9(2)11-5-4-7-13-12(11)14-10(3)6-8-15;3*1-2/h6-7,9H,2-5H2,1H3;4-5,7-10H,6H2,1-3H3,(H,13,14);2*1-2H3;2H2,1H3. The van der Waals surface area contributed by atoms with Gasteiger partial charge >= 0.3 is 0 Å². The van der Waals surface area contributed by atoms with Gasteiger partial charge in [-0.3, -0.25) is 0 Å². The molecule has 1 saturated carbocycles. The molecule has 0 radical (unpaired) electrons. The molecule has 1 aromatic carbocycles. The van der Waals surface area contributed by atoms with Crippen molar-refractivity contribution in [2.24, 2.45) is 5.73 Å². The van der Waals surface area contributed by atoms with Gasteiger partial charge in [-0.25, -0.2) is 18.7 Å². The number of carbonyl (C=O) groups is 1. The predicted molar refractivity (Wildman–Crippen MR) is 157 cm³/mol. The highest BCUT2D eigenvalue weighted by Crippen LogP contribution is 2.34. The Kier molecular flexibility index (Phi) is 17.8. The second kappa shape index (κ2) is 19.2. The lowest BCUT2D eigenvalue weighted by atomic mass is 10.0. The van der Waals surface area contributed by atoms with Gasteiger partial charge in [0, 0.05) is 24.7 Å². The van der Waals surface area contributed by atoms with Crippen LogP contribution in [-0.2, 0) is 4.79 Å². The van der Waals surface area contributed by atoms with Gasteiger partial charge in [-0.15, -0.1) is 0 Å². The number of fused-ring (bicyclic) bond motifs is 1. The summed E-state index contributed by atoms with van der Waals surface area (Å²) in [6, 6.07) is 7.10. The van der Waals surface area contributed by atoms with Gasteiger partial charge in [-0.2, -0.15) is 0 Å². The first-order chi connectivity index (χ1) is 18.3. The van der Waals surface area contributed by atoms with Crippen LogP contribution in [0.25, 0.3) is 11.0 Å². The molecule has 1 unspecified atom stereocenters. The summed E-state index contributed by atoms with van der Waals surface area (Å²) in [4.78, 5) is 19.0. The van der Waals surface area contributed by atoms with Crippen molar-refractivity contribution in [1.82, 2.24) is 14.5 Å². The summed E-state index contributed by atoms with van der Waals surface area (Å²) in [5, 5.41) is 3.25. The molecule has 1 aliphatic carbocycles. The monoisotopic (exact) mass is 533 g/mol. The van der Waals surface area contributed by atoms with Gasteiger partial charge < -0.3 is 20.4 Å². The lowest BCUT2D eigenvalue weighted by molar-refractivity contribution is -0.107. The molecule has 3 aromatic rings. The maximum Gasteiger partial charge on any atom is 0.184 e. The molecule has 8 heteroatoms. The number of nitrogens with two attached hydrogens (primary N) is 1. The maximum atomic E-state index is 13.9. The second-order valence-electron chi connectivity index (χ2n) is 8.74. The number of aromatic nitrogens is 3. The number of hydrogen-bond donors (Lipinski definition) is 2. The molecule has 2 heterocycles. The summed E-state index contributed by atoms with van der Waals surface area (Å²) >= 11 is 0. The first-order valence-corrected chi connectivity index (χ1v) is 13.9. The topological polar surface area (TPSA) is 85.8 Å². The van der Waals surface area contributed by atoms with Crippen molar-refractivity contribution in [3.05, 3.63) is 53.5 Å². The number of rotatable bonds is 6. The van der Waals surface area contributed by atoms with Gasteiger partial charge in [-0.1, -0.05) is 60.5 Å². The van der Waals surface area contributed by atoms with Crippen LogP contribution in [0.4, 0.5) is 14.6 Å². The zero-order chi connectivity index (χ0) is 29.3. The van der Waals surface area contributed by atoms with E-state index in [9.17, 15) is 13.6 Å². The Bertz CT molecular complexity index is 1060. The van der Waals surface area contributed by atoms with Crippen molar-refractivity contribution >= 4 is 23.1 Å². The summed E-state index contributed by atoms with van der Waals surface area (Å²) in [6.07, 6.45) is 7.57. The lowest BCUT2D eigenvalue weighted by Crippen LogP contribution is -2.17. The number of anilines is 1. The summed E-state index contributed by atoms with van der Waals surface area (Å²) in [5.41, 5.74) is 6.57. The minimum Gasteiger partial charge on any atom is -0.367 e. The van der Waals surface area contributed by atoms with Gasteiger partial charge in [-0.05, 0) is 63.4 Å². The molecule has 1 aliphatic rings. The molecule has 1 atom stereocenters. The molecular weight excluding hydrogens is 484 g/mol. The Morgan fingerprint density at radius 1 is 1.08 bits per heavy atom. The van der Waals surface area contributed by atoms with E-state index in [2.05, 4.69) is 40.9 Å². The number of benzene rings is 1. The van der Waals surface area contributed by atoms with Crippen molar-refractivity contribution < 1.29 is 13.6 Å². The molecule has 0 bridgehead atoms. The van der Waals surface area contributed by atoms with E-state index in [0.717, 1.165) is 49.7 Å². The molecule has 214 valence electrons. The van der Waals surface area contributed by atoms with Gasteiger partial charge in [0.1, 0.15) is 23.4 Å². The zero-order valence-corrected chi connectivity index (χ0v) is 24.8. The van der Waals surface area contributed by atoms with Crippen LogP contribution in [0.3, 0.4) is 0 Å². The zero-order valence-electron chi connectivity index (χ0n) is 24.8. The highest BCUT2D eigenvalue weighted by Gasteiger charge is 2.23. The van der Waals surface area contributed by atoms with Crippen molar-refractivity contribution in [3.8, 4) is 0 Å². The maximum absolute atomic E-state index is 13.9. The van der Waals surface area contributed by atoms with E-state index in [1.165, 1.54) is 12.6 Å². The number of imidazole rings is 1. The molecule has 3 N–H and O–H groups in total. The van der Waals surface area contributed by atoms with Crippen molar-refractivity contribution in [2.45, 2.75) is 105 Å². The molecule has 4 rings (SSSR count). The smallest absolute Gasteiger partial charge is 0.184 e. The van der Waals surface area contributed by atoms with Crippen LogP contribution in [-0.4, -0.2) is 33.9 Å². The fourth-order valence-corrected chi connectivity index (χ4v) is 4.29. The predicted octanol–water partition coefficient (Wildman–Crippen LogP) is 7.96. The van der Waals surface area contributed by atoms with Crippen LogP contribution < -0.4 is 11.1 Å². The minimum atomic E-state index is -0.795. The Hall–Kier alpha value is -2.87. The largest absolute Gasteiger partial charge is 0.367 e. The minimum absolute atomic E-state index is 0.134. The normalized spacial score (nSPS) is 13.1. The van der Waals surface area contributed by atoms with E-state index in [-0.39, 0.29) is 12.1 Å². The SMILES string of the molecule is CC.CC.CC(CC=O)Nc1ncccc1C(C)C.CN.Cc1nc2ccc(F)c(F)c2n1C1CCCC1. The second-order valence-corrected chi connectivity index (χ2v) is 8.74. The Labute approximate surface area is 228 Å². The third-order valence-corrected chi connectivity index (χ3v) is 5.90. The number of aldehydes is 1. The summed E-state index contributed by atoms with van der Waals surface area (Å²) < 4.78 is 29.1. The Morgan fingerprint density at radius 2 is 1.68 bits per heavy atom. The van der Waals surface area contributed by atoms with E-state index < -0.39 is 11.6 Å². The van der Waals surface area contributed by atoms with Crippen molar-refractivity contribution in [1.29, 1.82) is 0 Å². The molecule has 0 amide bonds. The van der Waals surface area contributed by atoms with E-state index in [1.54, 1.807) is 12.3 Å². The van der Waals surface area contributed by atoms with Crippen molar-refractivity contribution in [2.75, 3.05) is 12.4 Å². The number of halogens is 2.